The molecule has 0 amide bonds. The number of hydrogen-bond donors (Lipinski definition) is 0. The number of esters is 1. The minimum absolute atomic E-state index is 0.490. The van der Waals surface area contributed by atoms with Gasteiger partial charge in [-0.1, -0.05) is 18.2 Å². The first-order valence-corrected chi connectivity index (χ1v) is 4.49. The summed E-state index contributed by atoms with van der Waals surface area (Å²) in [5.74, 6) is 0.0917. The van der Waals surface area contributed by atoms with Crippen LogP contribution in [0.4, 0.5) is 0 Å². The monoisotopic (exact) mass is 214 g/mol. The predicted molar refractivity (Wildman–Crippen MR) is 53.6 cm³/mol. The number of halogens is 1. The van der Waals surface area contributed by atoms with Gasteiger partial charge in [0.05, 0.1) is 14.2 Å². The van der Waals surface area contributed by atoms with Crippen molar-refractivity contribution in [2.24, 2.45) is 0 Å². The third-order valence-electron chi connectivity index (χ3n) is 1.82. The van der Waals surface area contributed by atoms with E-state index in [0.29, 0.717) is 11.3 Å². The van der Waals surface area contributed by atoms with Gasteiger partial charge >= 0.3 is 5.97 Å². The van der Waals surface area contributed by atoms with Gasteiger partial charge in [0.1, 0.15) is 5.75 Å². The summed E-state index contributed by atoms with van der Waals surface area (Å²) < 4.78 is 9.61. The number of para-hydroxylation sites is 1. The average Bonchev–Trinajstić information content (AvgIpc) is 2.26. The van der Waals surface area contributed by atoms with Crippen LogP contribution in [-0.2, 0) is 9.53 Å². The highest BCUT2D eigenvalue weighted by Crippen LogP contribution is 2.29. The summed E-state index contributed by atoms with van der Waals surface area (Å²) in [6.45, 7) is 0. The number of alkyl halides is 1. The fourth-order valence-electron chi connectivity index (χ4n) is 1.11. The van der Waals surface area contributed by atoms with E-state index >= 15 is 0 Å². The Bertz CT molecular complexity index is 325. The molecule has 76 valence electrons. The van der Waals surface area contributed by atoms with Gasteiger partial charge in [-0.3, -0.25) is 4.79 Å². The summed E-state index contributed by atoms with van der Waals surface area (Å²) in [6.07, 6.45) is 0. The highest BCUT2D eigenvalue weighted by molar-refractivity contribution is 6.30. The molecule has 0 saturated heterocycles. The minimum Gasteiger partial charge on any atom is -0.496 e. The van der Waals surface area contributed by atoms with Crippen LogP contribution < -0.4 is 4.74 Å². The summed E-state index contributed by atoms with van der Waals surface area (Å²) in [6, 6.07) is 7.07. The van der Waals surface area contributed by atoms with Gasteiger partial charge in [0.25, 0.3) is 0 Å². The largest absolute Gasteiger partial charge is 0.496 e. The summed E-state index contributed by atoms with van der Waals surface area (Å²) >= 11 is 5.89. The molecule has 0 aliphatic carbocycles. The van der Waals surface area contributed by atoms with Gasteiger partial charge in [-0.2, -0.15) is 0 Å². The van der Waals surface area contributed by atoms with Crippen LogP contribution in [-0.4, -0.2) is 20.2 Å². The molecule has 0 aliphatic heterocycles. The van der Waals surface area contributed by atoms with Crippen molar-refractivity contribution in [2.75, 3.05) is 14.2 Å². The smallest absolute Gasteiger partial charge is 0.328 e. The Labute approximate surface area is 87.6 Å². The molecule has 1 aromatic carbocycles. The Morgan fingerprint density at radius 2 is 2.00 bits per heavy atom. The first-order valence-electron chi connectivity index (χ1n) is 4.05. The molecule has 0 N–H and O–H groups in total. The lowest BCUT2D eigenvalue weighted by atomic mass is 10.1. The van der Waals surface area contributed by atoms with Crippen LogP contribution in [0.3, 0.4) is 0 Å². The van der Waals surface area contributed by atoms with E-state index in [1.54, 1.807) is 18.2 Å². The van der Waals surface area contributed by atoms with E-state index < -0.39 is 11.3 Å². The Kier molecular flexibility index (Phi) is 3.77. The Hall–Kier alpha value is -1.22. The van der Waals surface area contributed by atoms with Gasteiger partial charge in [0, 0.05) is 5.56 Å². The molecule has 4 heteroatoms. The number of hydrogen-bond acceptors (Lipinski definition) is 3. The first kappa shape index (κ1) is 10.9. The lowest BCUT2D eigenvalue weighted by Crippen LogP contribution is -2.09. The maximum atomic E-state index is 11.2. The summed E-state index contributed by atoms with van der Waals surface area (Å²) in [5.41, 5.74) is 0.614. The Balaban J connectivity index is 2.99. The van der Waals surface area contributed by atoms with Crippen LogP contribution in [0.5, 0.6) is 5.75 Å². The number of carbonyl (C=O) groups is 1. The first-order chi connectivity index (χ1) is 6.70. The third kappa shape index (κ3) is 2.17. The van der Waals surface area contributed by atoms with E-state index in [4.69, 9.17) is 16.3 Å². The average molecular weight is 215 g/mol. The van der Waals surface area contributed by atoms with Crippen LogP contribution in [0.2, 0.25) is 0 Å². The molecule has 0 spiro atoms. The van der Waals surface area contributed by atoms with Crippen molar-refractivity contribution >= 4 is 17.6 Å². The fraction of sp³-hybridized carbons (Fsp3) is 0.300. The van der Waals surface area contributed by atoms with Crippen molar-refractivity contribution in [3.05, 3.63) is 29.8 Å². The molecular weight excluding hydrogens is 204 g/mol. The zero-order valence-electron chi connectivity index (χ0n) is 7.99. The van der Waals surface area contributed by atoms with Gasteiger partial charge in [-0.05, 0) is 6.07 Å². The van der Waals surface area contributed by atoms with Crippen LogP contribution in [0.15, 0.2) is 24.3 Å². The second-order valence-corrected chi connectivity index (χ2v) is 3.06. The van der Waals surface area contributed by atoms with Crippen molar-refractivity contribution < 1.29 is 14.3 Å². The molecule has 1 aromatic rings. The zero-order valence-corrected chi connectivity index (χ0v) is 8.75. The highest BCUT2D eigenvalue weighted by Gasteiger charge is 2.21. The van der Waals surface area contributed by atoms with E-state index in [0.717, 1.165) is 0 Å². The fourth-order valence-corrected chi connectivity index (χ4v) is 1.38. The number of methoxy groups -OCH3 is 2. The molecule has 0 fully saturated rings. The third-order valence-corrected chi connectivity index (χ3v) is 2.23. The molecule has 0 heterocycles. The zero-order chi connectivity index (χ0) is 10.6. The molecule has 0 aliphatic rings. The topological polar surface area (TPSA) is 35.5 Å². The number of rotatable bonds is 3. The molecule has 0 saturated carbocycles. The quantitative estimate of drug-likeness (QED) is 0.571. The van der Waals surface area contributed by atoms with Gasteiger partial charge < -0.3 is 9.47 Å². The standard InChI is InChI=1S/C10H11ClO3/c1-13-8-6-4-3-5-7(8)9(11)10(12)14-2/h3-6,9H,1-2H3/t9-/m0/s1. The van der Waals surface area contributed by atoms with Gasteiger partial charge in [-0.15, -0.1) is 11.6 Å². The maximum absolute atomic E-state index is 11.2. The van der Waals surface area contributed by atoms with Gasteiger partial charge in [-0.25, -0.2) is 0 Å². The summed E-state index contributed by atoms with van der Waals surface area (Å²) in [5, 5.41) is -0.823. The number of benzene rings is 1. The molecule has 14 heavy (non-hydrogen) atoms. The van der Waals surface area contributed by atoms with Crippen LogP contribution in [0.1, 0.15) is 10.9 Å². The lowest BCUT2D eigenvalue weighted by molar-refractivity contribution is -0.140. The molecule has 1 atom stereocenters. The molecular formula is C10H11ClO3. The number of ether oxygens (including phenoxy) is 2. The Morgan fingerprint density at radius 3 is 2.57 bits per heavy atom. The lowest BCUT2D eigenvalue weighted by Gasteiger charge is -2.11. The summed E-state index contributed by atoms with van der Waals surface area (Å²) in [4.78, 5) is 11.2. The van der Waals surface area contributed by atoms with Crippen LogP contribution in [0, 0.1) is 0 Å². The van der Waals surface area contributed by atoms with Crippen molar-refractivity contribution in [1.29, 1.82) is 0 Å². The van der Waals surface area contributed by atoms with Crippen molar-refractivity contribution in [1.82, 2.24) is 0 Å². The highest BCUT2D eigenvalue weighted by atomic mass is 35.5. The van der Waals surface area contributed by atoms with E-state index in [2.05, 4.69) is 4.74 Å². The Morgan fingerprint density at radius 1 is 1.36 bits per heavy atom. The molecule has 0 radical (unpaired) electrons. The van der Waals surface area contributed by atoms with E-state index in [-0.39, 0.29) is 0 Å². The van der Waals surface area contributed by atoms with E-state index in [9.17, 15) is 4.79 Å². The van der Waals surface area contributed by atoms with Crippen molar-refractivity contribution in [3.8, 4) is 5.75 Å². The van der Waals surface area contributed by atoms with E-state index in [1.165, 1.54) is 14.2 Å². The van der Waals surface area contributed by atoms with E-state index in [1.807, 2.05) is 6.07 Å². The SMILES string of the molecule is COC(=O)[C@@H](Cl)c1ccccc1OC. The van der Waals surface area contributed by atoms with Gasteiger partial charge in [0.2, 0.25) is 0 Å². The molecule has 0 unspecified atom stereocenters. The summed E-state index contributed by atoms with van der Waals surface area (Å²) in [7, 11) is 2.83. The second-order valence-electron chi connectivity index (χ2n) is 2.63. The molecule has 0 bridgehead atoms. The molecule has 1 rings (SSSR count). The molecule has 3 nitrogen and oxygen atoms in total. The minimum atomic E-state index is -0.823. The van der Waals surface area contributed by atoms with Crippen LogP contribution >= 0.6 is 11.6 Å². The van der Waals surface area contributed by atoms with Crippen LogP contribution in [0.25, 0.3) is 0 Å². The maximum Gasteiger partial charge on any atom is 0.328 e. The predicted octanol–water partition coefficient (Wildman–Crippen LogP) is 2.15. The van der Waals surface area contributed by atoms with Crippen molar-refractivity contribution in [2.45, 2.75) is 5.38 Å². The second kappa shape index (κ2) is 4.86. The number of carbonyl (C=O) groups excluding carboxylic acids is 1. The van der Waals surface area contributed by atoms with Gasteiger partial charge in [0.15, 0.2) is 5.38 Å². The normalized spacial score (nSPS) is 11.9. The molecule has 0 aromatic heterocycles. The van der Waals surface area contributed by atoms with Crippen molar-refractivity contribution in [3.63, 3.8) is 0 Å².